The molecule has 1 aromatic rings. The molecule has 2 heterocycles. The van der Waals surface area contributed by atoms with Gasteiger partial charge in [-0.15, -0.1) is 0 Å². The summed E-state index contributed by atoms with van der Waals surface area (Å²) >= 11 is 5.05. The molecular weight excluding hydrogens is 274 g/mol. The van der Waals surface area contributed by atoms with E-state index in [2.05, 4.69) is 32.8 Å². The first kappa shape index (κ1) is 11.1. The highest BCUT2D eigenvalue weighted by molar-refractivity contribution is 9.10. The van der Waals surface area contributed by atoms with Gasteiger partial charge in [-0.1, -0.05) is 15.9 Å². The molecule has 0 spiro atoms. The zero-order chi connectivity index (χ0) is 10.8. The Labute approximate surface area is 102 Å². The van der Waals surface area contributed by atoms with Gasteiger partial charge >= 0.3 is 0 Å². The lowest BCUT2D eigenvalue weighted by Gasteiger charge is -2.25. The molecule has 0 bridgehead atoms. The molecule has 0 aromatic carbocycles. The van der Waals surface area contributed by atoms with E-state index in [1.165, 1.54) is 5.56 Å². The Kier molecular flexibility index (Phi) is 3.46. The predicted octanol–water partition coefficient (Wildman–Crippen LogP) is 3.20. The number of amides is 1. The van der Waals surface area contributed by atoms with Crippen LogP contribution < -0.4 is 0 Å². The fourth-order valence-electron chi connectivity index (χ4n) is 2.07. The first-order chi connectivity index (χ1) is 7.20. The summed E-state index contributed by atoms with van der Waals surface area (Å²) in [6, 6.07) is 2.43. The SMILES string of the molecule is CC(Br)C(=O)N1CCCC1c1ccsc1. The van der Waals surface area contributed by atoms with Crippen LogP contribution in [0.1, 0.15) is 31.4 Å². The van der Waals surface area contributed by atoms with Crippen LogP contribution in [0.5, 0.6) is 0 Å². The van der Waals surface area contributed by atoms with Crippen molar-refractivity contribution < 1.29 is 4.79 Å². The highest BCUT2D eigenvalue weighted by Gasteiger charge is 2.31. The zero-order valence-electron chi connectivity index (χ0n) is 8.65. The number of nitrogens with zero attached hydrogens (tertiary/aromatic N) is 1. The third-order valence-electron chi connectivity index (χ3n) is 2.80. The Morgan fingerprint density at radius 1 is 1.73 bits per heavy atom. The highest BCUT2D eigenvalue weighted by Crippen LogP contribution is 2.33. The molecule has 1 aliphatic rings. The van der Waals surface area contributed by atoms with Crippen molar-refractivity contribution in [3.63, 3.8) is 0 Å². The van der Waals surface area contributed by atoms with E-state index in [-0.39, 0.29) is 10.7 Å². The first-order valence-corrected chi connectivity index (χ1v) is 7.02. The molecule has 1 fully saturated rings. The molecule has 0 radical (unpaired) electrons. The Morgan fingerprint density at radius 3 is 3.13 bits per heavy atom. The normalized spacial score (nSPS) is 23.1. The number of carbonyl (C=O) groups is 1. The molecule has 2 atom stereocenters. The number of hydrogen-bond acceptors (Lipinski definition) is 2. The number of likely N-dealkylation sites (tertiary alicyclic amines) is 1. The average molecular weight is 288 g/mol. The van der Waals surface area contributed by atoms with Crippen molar-refractivity contribution in [2.45, 2.75) is 30.6 Å². The van der Waals surface area contributed by atoms with Gasteiger partial charge in [0.2, 0.25) is 5.91 Å². The van der Waals surface area contributed by atoms with Crippen LogP contribution in [-0.2, 0) is 4.79 Å². The number of halogens is 1. The zero-order valence-corrected chi connectivity index (χ0v) is 11.1. The van der Waals surface area contributed by atoms with E-state index in [0.29, 0.717) is 6.04 Å². The second-order valence-electron chi connectivity index (χ2n) is 3.86. The van der Waals surface area contributed by atoms with Gasteiger partial charge in [0.1, 0.15) is 0 Å². The van der Waals surface area contributed by atoms with Crippen LogP contribution in [0.25, 0.3) is 0 Å². The largest absolute Gasteiger partial charge is 0.335 e. The van der Waals surface area contributed by atoms with E-state index in [1.54, 1.807) is 11.3 Å². The maximum Gasteiger partial charge on any atom is 0.236 e. The summed E-state index contributed by atoms with van der Waals surface area (Å²) < 4.78 is 0. The van der Waals surface area contributed by atoms with Gasteiger partial charge in [-0.3, -0.25) is 4.79 Å². The van der Waals surface area contributed by atoms with Crippen LogP contribution >= 0.6 is 27.3 Å². The summed E-state index contributed by atoms with van der Waals surface area (Å²) in [4.78, 5) is 13.9. The van der Waals surface area contributed by atoms with Crippen LogP contribution in [0.4, 0.5) is 0 Å². The van der Waals surface area contributed by atoms with Crippen LogP contribution in [0.15, 0.2) is 16.8 Å². The fourth-order valence-corrected chi connectivity index (χ4v) is 3.04. The fraction of sp³-hybridized carbons (Fsp3) is 0.545. The molecule has 0 N–H and O–H groups in total. The van der Waals surface area contributed by atoms with Crippen molar-refractivity contribution in [2.24, 2.45) is 0 Å². The van der Waals surface area contributed by atoms with Crippen molar-refractivity contribution >= 4 is 33.2 Å². The summed E-state index contributed by atoms with van der Waals surface area (Å²) in [5.41, 5.74) is 1.29. The maximum atomic E-state index is 11.9. The molecule has 2 nitrogen and oxygen atoms in total. The van der Waals surface area contributed by atoms with Crippen molar-refractivity contribution in [1.29, 1.82) is 0 Å². The lowest BCUT2D eigenvalue weighted by molar-refractivity contribution is -0.131. The van der Waals surface area contributed by atoms with E-state index >= 15 is 0 Å². The van der Waals surface area contributed by atoms with E-state index < -0.39 is 0 Å². The molecule has 2 rings (SSSR count). The van der Waals surface area contributed by atoms with Gasteiger partial charge in [-0.25, -0.2) is 0 Å². The lowest BCUT2D eigenvalue weighted by Crippen LogP contribution is -2.34. The first-order valence-electron chi connectivity index (χ1n) is 5.17. The number of carbonyl (C=O) groups excluding carboxylic acids is 1. The van der Waals surface area contributed by atoms with E-state index in [9.17, 15) is 4.79 Å². The second-order valence-corrected chi connectivity index (χ2v) is 6.02. The van der Waals surface area contributed by atoms with E-state index in [0.717, 1.165) is 19.4 Å². The van der Waals surface area contributed by atoms with Crippen molar-refractivity contribution in [1.82, 2.24) is 4.90 Å². The van der Waals surface area contributed by atoms with Crippen LogP contribution in [-0.4, -0.2) is 22.2 Å². The van der Waals surface area contributed by atoms with Crippen molar-refractivity contribution in [3.8, 4) is 0 Å². The Morgan fingerprint density at radius 2 is 2.53 bits per heavy atom. The lowest BCUT2D eigenvalue weighted by atomic mass is 10.1. The number of rotatable bonds is 2. The quantitative estimate of drug-likeness (QED) is 0.765. The predicted molar refractivity (Wildman–Crippen MR) is 66.4 cm³/mol. The van der Waals surface area contributed by atoms with E-state index in [1.807, 2.05) is 11.8 Å². The molecule has 82 valence electrons. The maximum absolute atomic E-state index is 11.9. The molecule has 1 aliphatic heterocycles. The van der Waals surface area contributed by atoms with Gasteiger partial charge in [0.05, 0.1) is 10.9 Å². The van der Waals surface area contributed by atoms with Gasteiger partial charge in [0.25, 0.3) is 0 Å². The highest BCUT2D eigenvalue weighted by atomic mass is 79.9. The second kappa shape index (κ2) is 4.66. The smallest absolute Gasteiger partial charge is 0.236 e. The Bertz CT molecular complexity index is 336. The minimum atomic E-state index is -0.0725. The Balaban J connectivity index is 2.15. The molecule has 1 saturated heterocycles. The van der Waals surface area contributed by atoms with Gasteiger partial charge in [-0.05, 0) is 42.2 Å². The summed E-state index contributed by atoms with van der Waals surface area (Å²) in [6.45, 7) is 2.79. The molecule has 1 amide bonds. The number of thiophene rings is 1. The van der Waals surface area contributed by atoms with Crippen molar-refractivity contribution in [2.75, 3.05) is 6.54 Å². The van der Waals surface area contributed by atoms with Gasteiger partial charge in [0, 0.05) is 6.54 Å². The Hall–Kier alpha value is -0.350. The minimum Gasteiger partial charge on any atom is -0.335 e. The molecule has 4 heteroatoms. The average Bonchev–Trinajstić information content (AvgIpc) is 2.86. The standard InChI is InChI=1S/C11H14BrNOS/c1-8(12)11(14)13-5-2-3-10(13)9-4-6-15-7-9/h4,6-8,10H,2-3,5H2,1H3. The third kappa shape index (κ3) is 2.26. The van der Waals surface area contributed by atoms with Crippen molar-refractivity contribution in [3.05, 3.63) is 22.4 Å². The molecule has 1 aromatic heterocycles. The monoisotopic (exact) mass is 287 g/mol. The summed E-state index contributed by atoms with van der Waals surface area (Å²) in [7, 11) is 0. The summed E-state index contributed by atoms with van der Waals surface area (Å²) in [5, 5.41) is 4.23. The molecule has 2 unspecified atom stereocenters. The van der Waals surface area contributed by atoms with Crippen LogP contribution in [0, 0.1) is 0 Å². The van der Waals surface area contributed by atoms with Gasteiger partial charge in [0.15, 0.2) is 0 Å². The molecule has 0 saturated carbocycles. The number of hydrogen-bond donors (Lipinski definition) is 0. The number of alkyl halides is 1. The molecular formula is C11H14BrNOS. The summed E-state index contributed by atoms with van der Waals surface area (Å²) in [5.74, 6) is 0.212. The topological polar surface area (TPSA) is 20.3 Å². The third-order valence-corrected chi connectivity index (χ3v) is 3.90. The van der Waals surface area contributed by atoms with Crippen LogP contribution in [0.2, 0.25) is 0 Å². The van der Waals surface area contributed by atoms with Crippen LogP contribution in [0.3, 0.4) is 0 Å². The van der Waals surface area contributed by atoms with Gasteiger partial charge < -0.3 is 4.90 Å². The molecule has 0 aliphatic carbocycles. The van der Waals surface area contributed by atoms with Gasteiger partial charge in [-0.2, -0.15) is 11.3 Å². The molecule has 15 heavy (non-hydrogen) atoms. The minimum absolute atomic E-state index is 0.0725. The van der Waals surface area contributed by atoms with E-state index in [4.69, 9.17) is 0 Å². The summed E-state index contributed by atoms with van der Waals surface area (Å²) in [6.07, 6.45) is 2.22.